The minimum atomic E-state index is -0.388. The number of rotatable bonds is 5. The molecule has 3 nitrogen and oxygen atoms in total. The van der Waals surface area contributed by atoms with E-state index in [9.17, 15) is 4.79 Å². The van der Waals surface area contributed by atoms with E-state index in [0.717, 1.165) is 32.2 Å². The average Bonchev–Trinajstić information content (AvgIpc) is 2.49. The van der Waals surface area contributed by atoms with Crippen molar-refractivity contribution in [2.75, 3.05) is 6.61 Å². The van der Waals surface area contributed by atoms with Gasteiger partial charge in [0.15, 0.2) is 0 Å². The van der Waals surface area contributed by atoms with Crippen molar-refractivity contribution in [1.82, 2.24) is 0 Å². The molecule has 5 heteroatoms. The van der Waals surface area contributed by atoms with Gasteiger partial charge in [-0.2, -0.15) is 0 Å². The van der Waals surface area contributed by atoms with E-state index in [2.05, 4.69) is 31.9 Å². The maximum Gasteiger partial charge on any atom is 0.343 e. The predicted octanol–water partition coefficient (Wildman–Crippen LogP) is 5.84. The molecule has 0 radical (unpaired) electrons. The van der Waals surface area contributed by atoms with Gasteiger partial charge in [0.2, 0.25) is 0 Å². The lowest BCUT2D eigenvalue weighted by Gasteiger charge is -2.12. The summed E-state index contributed by atoms with van der Waals surface area (Å²) >= 11 is 6.87. The number of hydrogen-bond acceptors (Lipinski definition) is 3. The van der Waals surface area contributed by atoms with Crippen molar-refractivity contribution in [3.63, 3.8) is 0 Å². The van der Waals surface area contributed by atoms with Crippen LogP contribution in [0.4, 0.5) is 0 Å². The molecule has 0 saturated heterocycles. The molecule has 0 spiro atoms. The van der Waals surface area contributed by atoms with E-state index in [-0.39, 0.29) is 5.97 Å². The van der Waals surface area contributed by atoms with Crippen LogP contribution in [-0.2, 0) is 0 Å². The normalized spacial score (nSPS) is 10.5. The number of halogens is 2. The quantitative estimate of drug-likeness (QED) is 0.432. The molecule has 0 bridgehead atoms. The molecule has 2 aromatic rings. The number of aryl methyl sites for hydroxylation is 2. The van der Waals surface area contributed by atoms with Crippen molar-refractivity contribution in [2.24, 2.45) is 0 Å². The first-order valence-corrected chi connectivity index (χ1v) is 8.92. The number of esters is 1. The molecule has 0 aromatic heterocycles. The largest absolute Gasteiger partial charge is 0.492 e. The maximum absolute atomic E-state index is 12.4. The van der Waals surface area contributed by atoms with Gasteiger partial charge in [0.05, 0.1) is 16.6 Å². The van der Waals surface area contributed by atoms with Crippen LogP contribution in [0.1, 0.15) is 34.8 Å². The molecule has 0 aliphatic rings. The Balaban J connectivity index is 2.20. The highest BCUT2D eigenvalue weighted by atomic mass is 79.9. The molecule has 23 heavy (non-hydrogen) atoms. The summed E-state index contributed by atoms with van der Waals surface area (Å²) in [4.78, 5) is 12.4. The van der Waals surface area contributed by atoms with E-state index in [1.807, 2.05) is 32.9 Å². The third-order valence-corrected chi connectivity index (χ3v) is 4.33. The molecule has 0 atom stereocenters. The lowest BCUT2D eigenvalue weighted by molar-refractivity contribution is 0.0732. The van der Waals surface area contributed by atoms with E-state index in [1.54, 1.807) is 18.2 Å². The van der Waals surface area contributed by atoms with Crippen LogP contribution in [0.15, 0.2) is 39.3 Å². The standard InChI is InChI=1S/C18H18Br2O3/c1-4-7-22-16-6-5-13(10-15(16)20)18(21)23-17-11(2)8-14(19)9-12(17)3/h5-6,8-10H,4,7H2,1-3H3. The van der Waals surface area contributed by atoms with Gasteiger partial charge in [-0.05, 0) is 77.7 Å². The van der Waals surface area contributed by atoms with Gasteiger partial charge in [0, 0.05) is 4.47 Å². The molecule has 2 rings (SSSR count). The summed E-state index contributed by atoms with van der Waals surface area (Å²) in [5, 5.41) is 0. The Morgan fingerprint density at radius 1 is 1.09 bits per heavy atom. The lowest BCUT2D eigenvalue weighted by atomic mass is 10.1. The second-order valence-corrected chi connectivity index (χ2v) is 7.02. The Morgan fingerprint density at radius 2 is 1.74 bits per heavy atom. The van der Waals surface area contributed by atoms with Crippen molar-refractivity contribution in [3.05, 3.63) is 56.0 Å². The fraction of sp³-hybridized carbons (Fsp3) is 0.278. The minimum Gasteiger partial charge on any atom is -0.492 e. The molecule has 2 aromatic carbocycles. The first kappa shape index (κ1) is 18.0. The van der Waals surface area contributed by atoms with E-state index in [4.69, 9.17) is 9.47 Å². The molecule has 122 valence electrons. The van der Waals surface area contributed by atoms with Crippen LogP contribution < -0.4 is 9.47 Å². The zero-order valence-electron chi connectivity index (χ0n) is 13.3. The Kier molecular flexibility index (Phi) is 6.25. The van der Waals surface area contributed by atoms with Gasteiger partial charge >= 0.3 is 5.97 Å². The summed E-state index contributed by atoms with van der Waals surface area (Å²) in [6.07, 6.45) is 0.929. The van der Waals surface area contributed by atoms with Crippen molar-refractivity contribution in [1.29, 1.82) is 0 Å². The Hall–Kier alpha value is -1.33. The number of benzene rings is 2. The fourth-order valence-electron chi connectivity index (χ4n) is 2.17. The summed E-state index contributed by atoms with van der Waals surface area (Å²) in [5.41, 5.74) is 2.29. The lowest BCUT2D eigenvalue weighted by Crippen LogP contribution is -2.10. The number of hydrogen-bond donors (Lipinski definition) is 0. The molecule has 0 saturated carbocycles. The van der Waals surface area contributed by atoms with E-state index < -0.39 is 0 Å². The highest BCUT2D eigenvalue weighted by Crippen LogP contribution is 2.30. The summed E-state index contributed by atoms with van der Waals surface area (Å²) < 4.78 is 12.9. The van der Waals surface area contributed by atoms with Crippen molar-refractivity contribution < 1.29 is 14.3 Å². The zero-order valence-corrected chi connectivity index (χ0v) is 16.5. The van der Waals surface area contributed by atoms with Crippen LogP contribution in [0, 0.1) is 13.8 Å². The maximum atomic E-state index is 12.4. The minimum absolute atomic E-state index is 0.388. The molecule has 0 fully saturated rings. The molecule has 0 aliphatic heterocycles. The van der Waals surface area contributed by atoms with E-state index >= 15 is 0 Å². The van der Waals surface area contributed by atoms with Crippen molar-refractivity contribution in [3.8, 4) is 11.5 Å². The third kappa shape index (κ3) is 4.58. The molecule has 0 unspecified atom stereocenters. The van der Waals surface area contributed by atoms with Crippen LogP contribution in [-0.4, -0.2) is 12.6 Å². The van der Waals surface area contributed by atoms with E-state index in [1.165, 1.54) is 0 Å². The van der Waals surface area contributed by atoms with Crippen molar-refractivity contribution >= 4 is 37.8 Å². The molecular formula is C18H18Br2O3. The van der Waals surface area contributed by atoms with Gasteiger partial charge in [0.1, 0.15) is 11.5 Å². The van der Waals surface area contributed by atoms with Gasteiger partial charge in [-0.15, -0.1) is 0 Å². The van der Waals surface area contributed by atoms with Crippen LogP contribution >= 0.6 is 31.9 Å². The summed E-state index contributed by atoms with van der Waals surface area (Å²) in [6.45, 7) is 6.51. The number of carbonyl (C=O) groups excluding carboxylic acids is 1. The van der Waals surface area contributed by atoms with Crippen molar-refractivity contribution in [2.45, 2.75) is 27.2 Å². The van der Waals surface area contributed by atoms with Gasteiger partial charge < -0.3 is 9.47 Å². The SMILES string of the molecule is CCCOc1ccc(C(=O)Oc2c(C)cc(Br)cc2C)cc1Br. The monoisotopic (exact) mass is 440 g/mol. The Labute approximate surface area is 153 Å². The predicted molar refractivity (Wildman–Crippen MR) is 98.5 cm³/mol. The topological polar surface area (TPSA) is 35.5 Å². The average molecular weight is 442 g/mol. The molecule has 0 N–H and O–H groups in total. The van der Waals surface area contributed by atoms with Crippen LogP contribution in [0.25, 0.3) is 0 Å². The molecule has 0 amide bonds. The fourth-order valence-corrected chi connectivity index (χ4v) is 3.35. The van der Waals surface area contributed by atoms with Crippen LogP contribution in [0.5, 0.6) is 11.5 Å². The Morgan fingerprint density at radius 3 is 2.30 bits per heavy atom. The summed E-state index contributed by atoms with van der Waals surface area (Å²) in [5.74, 6) is 0.932. The second-order valence-electron chi connectivity index (χ2n) is 5.25. The van der Waals surface area contributed by atoms with Crippen LogP contribution in [0.3, 0.4) is 0 Å². The summed E-state index contributed by atoms with van der Waals surface area (Å²) in [6, 6.07) is 9.05. The first-order valence-electron chi connectivity index (χ1n) is 7.33. The Bertz CT molecular complexity index is 703. The first-order chi connectivity index (χ1) is 10.9. The van der Waals surface area contributed by atoms with Gasteiger partial charge in [-0.3, -0.25) is 0 Å². The van der Waals surface area contributed by atoms with Gasteiger partial charge in [-0.25, -0.2) is 4.79 Å². The highest BCUT2D eigenvalue weighted by Gasteiger charge is 2.15. The second kappa shape index (κ2) is 7.97. The highest BCUT2D eigenvalue weighted by molar-refractivity contribution is 9.10. The number of carbonyl (C=O) groups is 1. The van der Waals surface area contributed by atoms with Crippen LogP contribution in [0.2, 0.25) is 0 Å². The molecule has 0 heterocycles. The molecular weight excluding hydrogens is 424 g/mol. The zero-order chi connectivity index (χ0) is 17.0. The number of ether oxygens (including phenoxy) is 2. The summed E-state index contributed by atoms with van der Waals surface area (Å²) in [7, 11) is 0. The van der Waals surface area contributed by atoms with E-state index in [0.29, 0.717) is 17.9 Å². The smallest absolute Gasteiger partial charge is 0.343 e. The van der Waals surface area contributed by atoms with Gasteiger partial charge in [-0.1, -0.05) is 22.9 Å². The third-order valence-electron chi connectivity index (χ3n) is 3.25. The molecule has 0 aliphatic carbocycles. The van der Waals surface area contributed by atoms with Gasteiger partial charge in [0.25, 0.3) is 0 Å².